The second-order valence-corrected chi connectivity index (χ2v) is 4.35. The van der Waals surface area contributed by atoms with Gasteiger partial charge in [0.25, 0.3) is 5.69 Å². The smallest absolute Gasteiger partial charge is 0.342 e. The van der Waals surface area contributed by atoms with Gasteiger partial charge in [-0.15, -0.1) is 0 Å². The van der Waals surface area contributed by atoms with Crippen molar-refractivity contribution in [2.24, 2.45) is 0 Å². The van der Waals surface area contributed by atoms with Crippen LogP contribution in [-0.4, -0.2) is 42.3 Å². The maximum atomic E-state index is 11.1. The molecule has 0 radical (unpaired) electrons. The fraction of sp³-hybridized carbons (Fsp3) is 0.462. The highest BCUT2D eigenvalue weighted by Gasteiger charge is 2.22. The van der Waals surface area contributed by atoms with Crippen molar-refractivity contribution < 1.29 is 19.6 Å². The van der Waals surface area contributed by atoms with E-state index in [9.17, 15) is 14.9 Å². The fourth-order valence-electron chi connectivity index (χ4n) is 2.11. The molecule has 0 bridgehead atoms. The van der Waals surface area contributed by atoms with Crippen molar-refractivity contribution in [3.63, 3.8) is 0 Å². The highest BCUT2D eigenvalue weighted by Crippen LogP contribution is 2.26. The molecule has 110 valence electrons. The Morgan fingerprint density at radius 2 is 2.20 bits per heavy atom. The number of aromatic carboxylic acids is 1. The zero-order valence-corrected chi connectivity index (χ0v) is 11.7. The van der Waals surface area contributed by atoms with Gasteiger partial charge in [-0.3, -0.25) is 10.1 Å². The summed E-state index contributed by atoms with van der Waals surface area (Å²) in [5.74, 6) is -1.31. The number of benzene rings is 1. The summed E-state index contributed by atoms with van der Waals surface area (Å²) in [5, 5.41) is 19.9. The Morgan fingerprint density at radius 3 is 2.65 bits per heavy atom. The van der Waals surface area contributed by atoms with Crippen molar-refractivity contribution in [1.82, 2.24) is 0 Å². The largest absolute Gasteiger partial charge is 0.477 e. The minimum absolute atomic E-state index is 0.0353. The summed E-state index contributed by atoms with van der Waals surface area (Å²) in [6, 6.07) is 4.14. The molecule has 1 atom stereocenters. The number of hydrogen-bond acceptors (Lipinski definition) is 5. The Kier molecular flexibility index (Phi) is 5.45. The average Bonchev–Trinajstić information content (AvgIpc) is 2.39. The molecule has 1 aromatic carbocycles. The van der Waals surface area contributed by atoms with E-state index in [-0.39, 0.29) is 11.6 Å². The average molecular weight is 282 g/mol. The number of nitro benzene ring substituents is 1. The monoisotopic (exact) mass is 282 g/mol. The first-order valence-corrected chi connectivity index (χ1v) is 6.19. The Morgan fingerprint density at radius 1 is 1.55 bits per heavy atom. The number of ether oxygens (including phenoxy) is 1. The van der Waals surface area contributed by atoms with Crippen LogP contribution in [-0.2, 0) is 4.74 Å². The maximum Gasteiger partial charge on any atom is 0.342 e. The van der Waals surface area contributed by atoms with E-state index in [0.29, 0.717) is 18.8 Å². The van der Waals surface area contributed by atoms with E-state index in [1.807, 2.05) is 18.7 Å². The number of nitrogens with zero attached hydrogens (tertiary/aromatic N) is 2. The van der Waals surface area contributed by atoms with Gasteiger partial charge in [0, 0.05) is 31.5 Å². The minimum Gasteiger partial charge on any atom is -0.477 e. The molecule has 1 aromatic rings. The molecule has 0 saturated carbocycles. The molecule has 0 aliphatic heterocycles. The number of likely N-dealkylation sites (N-methyl/N-ethyl adjacent to an activating group) is 1. The third kappa shape index (κ3) is 3.45. The molecule has 0 heterocycles. The molecule has 0 aliphatic rings. The number of nitro groups is 1. The van der Waals surface area contributed by atoms with Crippen LogP contribution in [0.1, 0.15) is 24.2 Å². The van der Waals surface area contributed by atoms with Crippen LogP contribution in [0.4, 0.5) is 11.4 Å². The van der Waals surface area contributed by atoms with Gasteiger partial charge in [0.1, 0.15) is 5.56 Å². The van der Waals surface area contributed by atoms with Gasteiger partial charge in [0.2, 0.25) is 0 Å². The van der Waals surface area contributed by atoms with Crippen LogP contribution in [0.25, 0.3) is 0 Å². The van der Waals surface area contributed by atoms with Gasteiger partial charge < -0.3 is 14.7 Å². The third-order valence-electron chi connectivity index (χ3n) is 3.02. The zero-order valence-electron chi connectivity index (χ0n) is 11.7. The van der Waals surface area contributed by atoms with E-state index < -0.39 is 16.6 Å². The molecule has 7 nitrogen and oxygen atoms in total. The van der Waals surface area contributed by atoms with Gasteiger partial charge in [0.15, 0.2) is 0 Å². The number of carboxylic acids is 1. The van der Waals surface area contributed by atoms with E-state index in [2.05, 4.69) is 0 Å². The third-order valence-corrected chi connectivity index (χ3v) is 3.02. The van der Waals surface area contributed by atoms with Crippen LogP contribution in [0.2, 0.25) is 0 Å². The van der Waals surface area contributed by atoms with E-state index in [1.165, 1.54) is 12.1 Å². The van der Waals surface area contributed by atoms with Gasteiger partial charge in [-0.05, 0) is 26.0 Å². The van der Waals surface area contributed by atoms with Crippen molar-refractivity contribution in [3.05, 3.63) is 33.9 Å². The Bertz CT molecular complexity index is 504. The summed E-state index contributed by atoms with van der Waals surface area (Å²) in [6.07, 6.45) is 0. The first kappa shape index (κ1) is 15.9. The molecular weight excluding hydrogens is 264 g/mol. The molecule has 0 amide bonds. The van der Waals surface area contributed by atoms with E-state index in [0.717, 1.165) is 0 Å². The van der Waals surface area contributed by atoms with Crippen molar-refractivity contribution in [1.29, 1.82) is 0 Å². The first-order chi connectivity index (χ1) is 9.42. The normalized spacial score (nSPS) is 11.9. The van der Waals surface area contributed by atoms with Gasteiger partial charge in [-0.2, -0.15) is 0 Å². The zero-order chi connectivity index (χ0) is 15.3. The van der Waals surface area contributed by atoms with Crippen LogP contribution >= 0.6 is 0 Å². The molecule has 0 saturated heterocycles. The SMILES string of the molecule is CCN(c1ccc([N+](=O)[O-])c(C(=O)O)c1)C(C)COC. The fourth-order valence-corrected chi connectivity index (χ4v) is 2.11. The lowest BCUT2D eigenvalue weighted by Gasteiger charge is -2.29. The number of methoxy groups -OCH3 is 1. The summed E-state index contributed by atoms with van der Waals surface area (Å²) >= 11 is 0. The summed E-state index contributed by atoms with van der Waals surface area (Å²) in [6.45, 7) is 4.98. The second kappa shape index (κ2) is 6.85. The summed E-state index contributed by atoms with van der Waals surface area (Å²) in [5.41, 5.74) is -0.0904. The summed E-state index contributed by atoms with van der Waals surface area (Å²) < 4.78 is 5.08. The maximum absolute atomic E-state index is 11.1. The van der Waals surface area contributed by atoms with Crippen LogP contribution in [0, 0.1) is 10.1 Å². The van der Waals surface area contributed by atoms with Gasteiger partial charge >= 0.3 is 5.97 Å². The van der Waals surface area contributed by atoms with E-state index >= 15 is 0 Å². The van der Waals surface area contributed by atoms with Crippen molar-refractivity contribution >= 4 is 17.3 Å². The Labute approximate surface area is 116 Å². The predicted octanol–water partition coefficient (Wildman–Crippen LogP) is 2.15. The van der Waals surface area contributed by atoms with Crippen LogP contribution in [0.15, 0.2) is 18.2 Å². The first-order valence-electron chi connectivity index (χ1n) is 6.19. The van der Waals surface area contributed by atoms with Crippen LogP contribution in [0.5, 0.6) is 0 Å². The lowest BCUT2D eigenvalue weighted by atomic mass is 10.1. The van der Waals surface area contributed by atoms with Gasteiger partial charge in [-0.25, -0.2) is 4.79 Å². The molecule has 1 unspecified atom stereocenters. The van der Waals surface area contributed by atoms with Gasteiger partial charge in [0.05, 0.1) is 11.5 Å². The van der Waals surface area contributed by atoms with Gasteiger partial charge in [-0.1, -0.05) is 0 Å². The highest BCUT2D eigenvalue weighted by atomic mass is 16.6. The van der Waals surface area contributed by atoms with E-state index in [4.69, 9.17) is 9.84 Å². The van der Waals surface area contributed by atoms with Crippen LogP contribution < -0.4 is 4.90 Å². The molecular formula is C13H18N2O5. The predicted molar refractivity (Wildman–Crippen MR) is 74.4 cm³/mol. The Balaban J connectivity index is 3.22. The summed E-state index contributed by atoms with van der Waals surface area (Å²) in [7, 11) is 1.59. The number of hydrogen-bond donors (Lipinski definition) is 1. The second-order valence-electron chi connectivity index (χ2n) is 4.35. The molecule has 7 heteroatoms. The number of rotatable bonds is 7. The number of anilines is 1. The minimum atomic E-state index is -1.31. The quantitative estimate of drug-likeness (QED) is 0.608. The molecule has 20 heavy (non-hydrogen) atoms. The lowest BCUT2D eigenvalue weighted by molar-refractivity contribution is -0.385. The van der Waals surface area contributed by atoms with E-state index in [1.54, 1.807) is 13.2 Å². The van der Waals surface area contributed by atoms with Crippen LogP contribution in [0.3, 0.4) is 0 Å². The topological polar surface area (TPSA) is 92.9 Å². The molecule has 0 fully saturated rings. The lowest BCUT2D eigenvalue weighted by Crippen LogP contribution is -2.36. The standard InChI is InChI=1S/C13H18N2O5/c1-4-14(9(2)8-20-3)10-5-6-12(15(18)19)11(7-10)13(16)17/h5-7,9H,4,8H2,1-3H3,(H,16,17). The van der Waals surface area contributed by atoms with Crippen molar-refractivity contribution in [2.75, 3.05) is 25.2 Å². The molecule has 0 aromatic heterocycles. The van der Waals surface area contributed by atoms with Crippen molar-refractivity contribution in [2.45, 2.75) is 19.9 Å². The highest BCUT2D eigenvalue weighted by molar-refractivity contribution is 5.93. The molecule has 0 aliphatic carbocycles. The summed E-state index contributed by atoms with van der Waals surface area (Å²) in [4.78, 5) is 23.2. The molecule has 0 spiro atoms. The Hall–Kier alpha value is -2.15. The number of carbonyl (C=O) groups is 1. The molecule has 1 rings (SSSR count). The van der Waals surface area contributed by atoms with Crippen molar-refractivity contribution in [3.8, 4) is 0 Å². The number of carboxylic acid groups (broad SMARTS) is 1. The molecule has 1 N–H and O–H groups in total.